The predicted octanol–water partition coefficient (Wildman–Crippen LogP) is 4.22. The van der Waals surface area contributed by atoms with Gasteiger partial charge in [-0.05, 0) is 38.1 Å². The van der Waals surface area contributed by atoms with Crippen molar-refractivity contribution in [1.82, 2.24) is 9.88 Å². The summed E-state index contributed by atoms with van der Waals surface area (Å²) in [5, 5.41) is 0. The van der Waals surface area contributed by atoms with Crippen molar-refractivity contribution < 1.29 is 9.53 Å². The second-order valence-electron chi connectivity index (χ2n) is 6.55. The molecule has 1 fully saturated rings. The van der Waals surface area contributed by atoms with Gasteiger partial charge in [0.25, 0.3) is 0 Å². The number of carbonyl (C=O) groups is 1. The monoisotopic (exact) mass is 367 g/mol. The number of nitrogens with zero attached hydrogens (tertiary/aromatic N) is 3. The quantitative estimate of drug-likeness (QED) is 0.792. The number of benzene rings is 1. The van der Waals surface area contributed by atoms with Crippen LogP contribution in [-0.2, 0) is 16.0 Å². The van der Waals surface area contributed by atoms with Crippen LogP contribution in [0.3, 0.4) is 0 Å². The van der Waals surface area contributed by atoms with Crippen molar-refractivity contribution >= 4 is 11.5 Å². The molecule has 0 spiro atoms. The molecular formula is C22H29N3O2. The van der Waals surface area contributed by atoms with E-state index >= 15 is 0 Å². The Morgan fingerprint density at radius 1 is 1.11 bits per heavy atom. The van der Waals surface area contributed by atoms with Gasteiger partial charge in [-0.1, -0.05) is 44.7 Å². The number of aromatic nitrogens is 1. The number of carbonyl (C=O) groups excluding carboxylic acids is 1. The van der Waals surface area contributed by atoms with E-state index in [0.29, 0.717) is 13.5 Å². The number of ether oxygens (including phenoxy) is 1. The van der Waals surface area contributed by atoms with Crippen LogP contribution in [0.15, 0.2) is 67.1 Å². The van der Waals surface area contributed by atoms with Crippen LogP contribution < -0.4 is 4.90 Å². The minimum absolute atomic E-state index is 0.0749. The Balaban J connectivity index is 0.00000126. The molecule has 1 saturated heterocycles. The topological polar surface area (TPSA) is 45.7 Å². The van der Waals surface area contributed by atoms with Gasteiger partial charge in [0, 0.05) is 17.6 Å². The maximum Gasteiger partial charge on any atom is 0.163 e. The summed E-state index contributed by atoms with van der Waals surface area (Å²) in [6.07, 6.45) is 1.98. The highest BCUT2D eigenvalue weighted by atomic mass is 16.5. The van der Waals surface area contributed by atoms with Gasteiger partial charge in [-0.3, -0.25) is 9.78 Å². The maximum atomic E-state index is 12.9. The number of hydrogen-bond acceptors (Lipinski definition) is 5. The van der Waals surface area contributed by atoms with Crippen LogP contribution in [0.25, 0.3) is 0 Å². The van der Waals surface area contributed by atoms with Crippen molar-refractivity contribution in [2.45, 2.75) is 39.7 Å². The third kappa shape index (κ3) is 4.74. The number of para-hydroxylation sites is 1. The van der Waals surface area contributed by atoms with Gasteiger partial charge in [0.1, 0.15) is 19.3 Å². The Hall–Kier alpha value is -2.66. The van der Waals surface area contributed by atoms with Crippen LogP contribution in [0.4, 0.5) is 5.69 Å². The van der Waals surface area contributed by atoms with Gasteiger partial charge in [0.2, 0.25) is 0 Å². The molecule has 0 aliphatic carbocycles. The molecule has 0 amide bonds. The number of anilines is 1. The van der Waals surface area contributed by atoms with E-state index < -0.39 is 5.54 Å². The first-order chi connectivity index (χ1) is 13.0. The van der Waals surface area contributed by atoms with Crippen LogP contribution in [0.1, 0.15) is 33.4 Å². The lowest BCUT2D eigenvalue weighted by molar-refractivity contribution is -0.132. The van der Waals surface area contributed by atoms with E-state index in [9.17, 15) is 4.79 Å². The second kappa shape index (κ2) is 9.33. The summed E-state index contributed by atoms with van der Waals surface area (Å²) in [4.78, 5) is 21.1. The first-order valence-electron chi connectivity index (χ1n) is 9.30. The molecule has 1 aromatic carbocycles. The number of Topliss-reactive ketones (excluding diaryl/α,β-unsaturated/α-hetero) is 1. The summed E-state index contributed by atoms with van der Waals surface area (Å²) < 4.78 is 5.73. The molecule has 0 atom stereocenters. The van der Waals surface area contributed by atoms with Crippen molar-refractivity contribution in [2.24, 2.45) is 0 Å². The van der Waals surface area contributed by atoms with E-state index in [1.165, 1.54) is 0 Å². The second-order valence-corrected chi connectivity index (χ2v) is 6.55. The fourth-order valence-electron chi connectivity index (χ4n) is 2.87. The first-order valence-corrected chi connectivity index (χ1v) is 9.30. The number of rotatable bonds is 5. The van der Waals surface area contributed by atoms with Gasteiger partial charge in [-0.2, -0.15) is 0 Å². The highest BCUT2D eigenvalue weighted by Gasteiger charge is 2.38. The molecule has 1 aliphatic rings. The van der Waals surface area contributed by atoms with Crippen molar-refractivity contribution in [3.8, 4) is 0 Å². The molecule has 3 rings (SSSR count). The molecule has 1 aromatic heterocycles. The smallest absolute Gasteiger partial charge is 0.163 e. The molecule has 0 radical (unpaired) electrons. The molecule has 0 N–H and O–H groups in total. The highest BCUT2D eigenvalue weighted by Crippen LogP contribution is 2.30. The van der Waals surface area contributed by atoms with Crippen LogP contribution >= 0.6 is 0 Å². The van der Waals surface area contributed by atoms with E-state index in [4.69, 9.17) is 4.74 Å². The van der Waals surface area contributed by atoms with E-state index in [0.717, 1.165) is 17.2 Å². The van der Waals surface area contributed by atoms with Crippen molar-refractivity contribution in [2.75, 3.05) is 18.4 Å². The fraction of sp³-hybridized carbons (Fsp3) is 0.364. The summed E-state index contributed by atoms with van der Waals surface area (Å²) >= 11 is 0. The third-order valence-electron chi connectivity index (χ3n) is 4.56. The largest absolute Gasteiger partial charge is 0.340 e. The Kier molecular flexibility index (Phi) is 7.13. The van der Waals surface area contributed by atoms with Gasteiger partial charge in [-0.15, -0.1) is 0 Å². The van der Waals surface area contributed by atoms with E-state index in [-0.39, 0.29) is 12.2 Å². The Morgan fingerprint density at radius 3 is 2.41 bits per heavy atom. The molecule has 5 heteroatoms. The normalized spacial score (nSPS) is 14.4. The number of hydrogen-bond donors (Lipinski definition) is 0. The molecule has 27 heavy (non-hydrogen) atoms. The van der Waals surface area contributed by atoms with Gasteiger partial charge >= 0.3 is 0 Å². The summed E-state index contributed by atoms with van der Waals surface area (Å²) in [7, 11) is 0. The standard InChI is InChI=1S/C20H23N3O2.C2H6/c1-16-22(18-10-5-4-6-11-18)14-25-15-23(16)20(2,3)19(24)13-17-9-7-8-12-21-17;1-2/h4-12H,1,13-15H2,2-3H3;1-2H3. The molecule has 144 valence electrons. The third-order valence-corrected chi connectivity index (χ3v) is 4.56. The molecule has 0 saturated carbocycles. The summed E-state index contributed by atoms with van der Waals surface area (Å²) in [6.45, 7) is 12.8. The van der Waals surface area contributed by atoms with E-state index in [2.05, 4.69) is 11.6 Å². The summed E-state index contributed by atoms with van der Waals surface area (Å²) in [5.41, 5.74) is 1.01. The average Bonchev–Trinajstić information content (AvgIpc) is 2.71. The minimum atomic E-state index is -0.748. The number of pyridine rings is 1. The Bertz CT molecular complexity index is 745. The lowest BCUT2D eigenvalue weighted by Crippen LogP contribution is -2.57. The average molecular weight is 367 g/mol. The molecule has 1 aliphatic heterocycles. The van der Waals surface area contributed by atoms with Crippen LogP contribution in [0.2, 0.25) is 0 Å². The van der Waals surface area contributed by atoms with Crippen molar-refractivity contribution in [3.05, 3.63) is 72.8 Å². The van der Waals surface area contributed by atoms with Crippen LogP contribution in [0, 0.1) is 0 Å². The molecule has 0 bridgehead atoms. The van der Waals surface area contributed by atoms with E-state index in [1.54, 1.807) is 6.20 Å². The molecule has 5 nitrogen and oxygen atoms in total. The van der Waals surface area contributed by atoms with Gasteiger partial charge < -0.3 is 14.5 Å². The van der Waals surface area contributed by atoms with Gasteiger partial charge in [0.05, 0.1) is 12.0 Å². The minimum Gasteiger partial charge on any atom is -0.340 e. The first kappa shape index (κ1) is 20.6. The summed E-state index contributed by atoms with van der Waals surface area (Å²) in [6, 6.07) is 15.5. The Labute approximate surface area is 162 Å². The zero-order chi connectivity index (χ0) is 19.9. The maximum absolute atomic E-state index is 12.9. The van der Waals surface area contributed by atoms with Crippen LogP contribution in [0.5, 0.6) is 0 Å². The number of ketones is 1. The molecule has 2 heterocycles. The van der Waals surface area contributed by atoms with Gasteiger partial charge in [0.15, 0.2) is 5.78 Å². The summed E-state index contributed by atoms with van der Waals surface area (Å²) in [5.74, 6) is 0.836. The SMILES string of the molecule is C=C1N(c2ccccc2)COCN1C(C)(C)C(=O)Cc1ccccn1.CC. The zero-order valence-corrected chi connectivity index (χ0v) is 16.7. The lowest BCUT2D eigenvalue weighted by Gasteiger charge is -2.47. The molecule has 0 unspecified atom stereocenters. The van der Waals surface area contributed by atoms with Crippen molar-refractivity contribution in [3.63, 3.8) is 0 Å². The van der Waals surface area contributed by atoms with Crippen LogP contribution in [-0.4, -0.2) is 34.7 Å². The molecular weight excluding hydrogens is 338 g/mol. The predicted molar refractivity (Wildman–Crippen MR) is 109 cm³/mol. The highest BCUT2D eigenvalue weighted by molar-refractivity contribution is 5.89. The molecule has 2 aromatic rings. The van der Waals surface area contributed by atoms with Crippen molar-refractivity contribution in [1.29, 1.82) is 0 Å². The van der Waals surface area contributed by atoms with Gasteiger partial charge in [-0.25, -0.2) is 0 Å². The fourth-order valence-corrected chi connectivity index (χ4v) is 2.87. The van der Waals surface area contributed by atoms with E-state index in [1.807, 2.05) is 86.0 Å². The zero-order valence-electron chi connectivity index (χ0n) is 16.7. The lowest BCUT2D eigenvalue weighted by atomic mass is 9.93. The Morgan fingerprint density at radius 2 is 1.78 bits per heavy atom.